The van der Waals surface area contributed by atoms with Crippen LogP contribution >= 0.6 is 23.8 Å². The van der Waals surface area contributed by atoms with Gasteiger partial charge in [-0.05, 0) is 44.1 Å². The smallest absolute Gasteiger partial charge is 0.178 e. The number of aromatic nitrogens is 2. The molecule has 0 radical (unpaired) electrons. The largest absolute Gasteiger partial charge is 0.378 e. The number of fused-ring (bicyclic) bond motifs is 1. The quantitative estimate of drug-likeness (QED) is 0.859. The van der Waals surface area contributed by atoms with E-state index in [1.54, 1.807) is 0 Å². The van der Waals surface area contributed by atoms with Crippen LogP contribution in [-0.2, 0) is 4.74 Å². The van der Waals surface area contributed by atoms with Gasteiger partial charge in [0.1, 0.15) is 0 Å². The number of hydrogen-bond acceptors (Lipinski definition) is 2. The fourth-order valence-corrected chi connectivity index (χ4v) is 3.16. The van der Waals surface area contributed by atoms with Crippen molar-refractivity contribution in [2.75, 3.05) is 6.61 Å². The Balaban J connectivity index is 1.96. The highest BCUT2D eigenvalue weighted by molar-refractivity contribution is 7.71. The van der Waals surface area contributed by atoms with Gasteiger partial charge in [0.05, 0.1) is 22.2 Å². The first-order chi connectivity index (χ1) is 8.70. The van der Waals surface area contributed by atoms with Crippen LogP contribution in [0, 0.1) is 4.77 Å². The van der Waals surface area contributed by atoms with E-state index in [0.717, 1.165) is 40.3 Å². The van der Waals surface area contributed by atoms with Crippen LogP contribution in [0.4, 0.5) is 0 Å². The maximum atomic E-state index is 6.17. The third-order valence-electron chi connectivity index (χ3n) is 3.54. The summed E-state index contributed by atoms with van der Waals surface area (Å²) in [5.74, 6) is 0. The molecule has 1 aliphatic carbocycles. The average Bonchev–Trinajstić information content (AvgIpc) is 2.62. The lowest BCUT2D eigenvalue weighted by atomic mass is 9.89. The highest BCUT2D eigenvalue weighted by atomic mass is 35.5. The summed E-state index contributed by atoms with van der Waals surface area (Å²) in [6.07, 6.45) is 2.44. The van der Waals surface area contributed by atoms with Crippen LogP contribution in [0.15, 0.2) is 18.2 Å². The molecular weight excluding hydrogens is 268 g/mol. The lowest BCUT2D eigenvalue weighted by molar-refractivity contribution is -0.0190. The maximum absolute atomic E-state index is 6.17. The van der Waals surface area contributed by atoms with Crippen molar-refractivity contribution in [2.24, 2.45) is 0 Å². The normalized spacial score (nSPS) is 23.2. The monoisotopic (exact) mass is 282 g/mol. The van der Waals surface area contributed by atoms with E-state index >= 15 is 0 Å². The van der Waals surface area contributed by atoms with Crippen molar-refractivity contribution < 1.29 is 4.74 Å². The minimum atomic E-state index is 0.381. The molecule has 1 aliphatic rings. The first-order valence-corrected chi connectivity index (χ1v) is 6.99. The van der Waals surface area contributed by atoms with Crippen molar-refractivity contribution in [3.8, 4) is 0 Å². The molecule has 18 heavy (non-hydrogen) atoms. The Bertz CT molecular complexity index is 627. The Hall–Kier alpha value is -0.840. The van der Waals surface area contributed by atoms with E-state index in [-0.39, 0.29) is 0 Å². The predicted octanol–water partition coefficient (Wildman–Crippen LogP) is 4.09. The topological polar surface area (TPSA) is 29.9 Å². The molecule has 0 atom stereocenters. The third kappa shape index (κ3) is 1.88. The second-order valence-electron chi connectivity index (χ2n) is 4.64. The van der Waals surface area contributed by atoms with Gasteiger partial charge in [-0.1, -0.05) is 17.7 Å². The van der Waals surface area contributed by atoms with Gasteiger partial charge >= 0.3 is 0 Å². The molecule has 0 amide bonds. The minimum absolute atomic E-state index is 0.381. The van der Waals surface area contributed by atoms with Gasteiger partial charge in [-0.15, -0.1) is 0 Å². The van der Waals surface area contributed by atoms with Gasteiger partial charge in [-0.3, -0.25) is 0 Å². The minimum Gasteiger partial charge on any atom is -0.378 e. The Kier molecular flexibility index (Phi) is 3.18. The molecule has 1 aromatic heterocycles. The average molecular weight is 283 g/mol. The fraction of sp³-hybridized carbons (Fsp3) is 0.462. The van der Waals surface area contributed by atoms with Gasteiger partial charge in [-0.25, -0.2) is 0 Å². The molecular formula is C13H15ClN2OS. The number of rotatable bonds is 3. The molecule has 3 nitrogen and oxygen atoms in total. The third-order valence-corrected chi connectivity index (χ3v) is 4.15. The molecule has 1 fully saturated rings. The molecule has 1 saturated carbocycles. The molecule has 0 spiro atoms. The van der Waals surface area contributed by atoms with E-state index < -0.39 is 0 Å². The number of H-pyrrole nitrogens is 1. The molecule has 1 aromatic carbocycles. The number of imidazole rings is 1. The van der Waals surface area contributed by atoms with Crippen molar-refractivity contribution in [3.63, 3.8) is 0 Å². The van der Waals surface area contributed by atoms with Crippen LogP contribution < -0.4 is 0 Å². The zero-order valence-electron chi connectivity index (χ0n) is 10.1. The highest BCUT2D eigenvalue weighted by Gasteiger charge is 2.32. The fourth-order valence-electron chi connectivity index (χ4n) is 2.60. The first kappa shape index (κ1) is 12.2. The molecule has 3 rings (SSSR count). The summed E-state index contributed by atoms with van der Waals surface area (Å²) in [6.45, 7) is 2.81. The van der Waals surface area contributed by atoms with Crippen LogP contribution in [0.5, 0.6) is 0 Å². The Morgan fingerprint density at radius 2 is 2.28 bits per heavy atom. The molecule has 1 N–H and O–H groups in total. The number of nitrogens with zero attached hydrogens (tertiary/aromatic N) is 1. The summed E-state index contributed by atoms with van der Waals surface area (Å²) in [6, 6.07) is 6.33. The number of halogens is 1. The van der Waals surface area contributed by atoms with Crippen molar-refractivity contribution in [2.45, 2.75) is 31.9 Å². The van der Waals surface area contributed by atoms with Gasteiger partial charge in [0.2, 0.25) is 0 Å². The number of nitrogens with one attached hydrogen (secondary N) is 1. The zero-order chi connectivity index (χ0) is 12.7. The van der Waals surface area contributed by atoms with Crippen molar-refractivity contribution in [1.29, 1.82) is 0 Å². The molecule has 0 unspecified atom stereocenters. The van der Waals surface area contributed by atoms with Crippen LogP contribution in [-0.4, -0.2) is 22.3 Å². The van der Waals surface area contributed by atoms with E-state index in [1.807, 2.05) is 19.1 Å². The van der Waals surface area contributed by atoms with Gasteiger partial charge in [0.25, 0.3) is 0 Å². The summed E-state index contributed by atoms with van der Waals surface area (Å²) in [5.41, 5.74) is 2.02. The Morgan fingerprint density at radius 1 is 1.50 bits per heavy atom. The summed E-state index contributed by atoms with van der Waals surface area (Å²) >= 11 is 11.6. The van der Waals surface area contributed by atoms with Crippen LogP contribution in [0.1, 0.15) is 25.8 Å². The molecule has 96 valence electrons. The molecule has 2 aromatic rings. The summed E-state index contributed by atoms with van der Waals surface area (Å²) < 4.78 is 8.52. The number of aromatic amines is 1. The van der Waals surface area contributed by atoms with Crippen molar-refractivity contribution in [1.82, 2.24) is 9.55 Å². The van der Waals surface area contributed by atoms with Crippen molar-refractivity contribution >= 4 is 34.9 Å². The molecule has 0 aliphatic heterocycles. The maximum Gasteiger partial charge on any atom is 0.178 e. The zero-order valence-corrected chi connectivity index (χ0v) is 11.7. The number of para-hydroxylation sites is 1. The predicted molar refractivity (Wildman–Crippen MR) is 75.8 cm³/mol. The number of hydrogen-bond donors (Lipinski definition) is 1. The second kappa shape index (κ2) is 4.68. The van der Waals surface area contributed by atoms with E-state index in [4.69, 9.17) is 28.6 Å². The standard InChI is InChI=1S/C13H15ClN2OS/c1-2-17-9-6-8(7-9)16-11-5-3-4-10(14)12(11)15-13(16)18/h3-5,8-9H,2,6-7H2,1H3,(H,15,18). The van der Waals surface area contributed by atoms with E-state index in [2.05, 4.69) is 15.6 Å². The Morgan fingerprint density at radius 3 is 3.00 bits per heavy atom. The SMILES string of the molecule is CCOC1CC(n2c(=S)[nH]c3c(Cl)cccc32)C1. The summed E-state index contributed by atoms with van der Waals surface area (Å²) in [4.78, 5) is 3.20. The lowest BCUT2D eigenvalue weighted by Crippen LogP contribution is -2.33. The number of benzene rings is 1. The van der Waals surface area contributed by atoms with Gasteiger partial charge in [0.15, 0.2) is 4.77 Å². The molecule has 5 heteroatoms. The van der Waals surface area contributed by atoms with Crippen molar-refractivity contribution in [3.05, 3.63) is 28.0 Å². The summed E-state index contributed by atoms with van der Waals surface area (Å²) in [7, 11) is 0. The lowest BCUT2D eigenvalue weighted by Gasteiger charge is -2.36. The van der Waals surface area contributed by atoms with Gasteiger partial charge < -0.3 is 14.3 Å². The van der Waals surface area contributed by atoms with Crippen LogP contribution in [0.25, 0.3) is 11.0 Å². The van der Waals surface area contributed by atoms with Gasteiger partial charge in [0, 0.05) is 12.6 Å². The molecule has 1 heterocycles. The van der Waals surface area contributed by atoms with Gasteiger partial charge in [-0.2, -0.15) is 0 Å². The summed E-state index contributed by atoms with van der Waals surface area (Å²) in [5, 5.41) is 0.720. The van der Waals surface area contributed by atoms with E-state index in [1.165, 1.54) is 0 Å². The van der Waals surface area contributed by atoms with Crippen LogP contribution in [0.3, 0.4) is 0 Å². The first-order valence-electron chi connectivity index (χ1n) is 6.21. The second-order valence-corrected chi connectivity index (χ2v) is 5.43. The number of ether oxygens (including phenoxy) is 1. The van der Waals surface area contributed by atoms with E-state index in [0.29, 0.717) is 12.1 Å². The molecule has 0 bridgehead atoms. The Labute approximate surface area is 116 Å². The molecule has 0 saturated heterocycles. The van der Waals surface area contributed by atoms with E-state index in [9.17, 15) is 0 Å². The highest BCUT2D eigenvalue weighted by Crippen LogP contribution is 2.37. The van der Waals surface area contributed by atoms with Crippen LogP contribution in [0.2, 0.25) is 5.02 Å².